The lowest BCUT2D eigenvalue weighted by Crippen LogP contribution is -2.37. The maximum Gasteiger partial charge on any atom is 0.282 e. The molecule has 0 atom stereocenters. The molecule has 2 amide bonds. The minimum atomic E-state index is -0.255. The second-order valence-electron chi connectivity index (χ2n) is 8.32. The number of imide groups is 1. The summed E-state index contributed by atoms with van der Waals surface area (Å²) in [6, 6.07) is 23.7. The molecule has 0 saturated carbocycles. The zero-order chi connectivity index (χ0) is 21.5. The van der Waals surface area contributed by atoms with Crippen molar-refractivity contribution in [2.75, 3.05) is 11.4 Å². The number of rotatable bonds is 3. The van der Waals surface area contributed by atoms with E-state index in [1.165, 1.54) is 16.0 Å². The van der Waals surface area contributed by atoms with Gasteiger partial charge in [0.15, 0.2) is 0 Å². The molecule has 2 aliphatic heterocycles. The second kappa shape index (κ2) is 7.55. The van der Waals surface area contributed by atoms with Crippen molar-refractivity contribution in [3.05, 3.63) is 106 Å². The lowest BCUT2D eigenvalue weighted by molar-refractivity contribution is -0.120. The van der Waals surface area contributed by atoms with Crippen LogP contribution in [0.3, 0.4) is 0 Å². The van der Waals surface area contributed by atoms with Crippen molar-refractivity contribution >= 4 is 23.1 Å². The molecule has 0 N–H and O–H groups in total. The Kier molecular flexibility index (Phi) is 4.70. The van der Waals surface area contributed by atoms with Gasteiger partial charge in [-0.25, -0.2) is 4.90 Å². The van der Waals surface area contributed by atoms with Gasteiger partial charge >= 0.3 is 0 Å². The molecule has 0 fully saturated rings. The highest BCUT2D eigenvalue weighted by molar-refractivity contribution is 6.45. The maximum absolute atomic E-state index is 13.7. The van der Waals surface area contributed by atoms with Gasteiger partial charge in [0, 0.05) is 13.1 Å². The zero-order valence-electron chi connectivity index (χ0n) is 17.8. The number of nitrogens with zero attached hydrogens (tertiary/aromatic N) is 2. The van der Waals surface area contributed by atoms with Gasteiger partial charge < -0.3 is 4.90 Å². The lowest BCUT2D eigenvalue weighted by atomic mass is 9.98. The fourth-order valence-electron chi connectivity index (χ4n) is 4.68. The van der Waals surface area contributed by atoms with Crippen LogP contribution in [0.4, 0.5) is 5.69 Å². The quantitative estimate of drug-likeness (QED) is 0.593. The van der Waals surface area contributed by atoms with E-state index in [1.54, 1.807) is 0 Å². The highest BCUT2D eigenvalue weighted by atomic mass is 16.2. The molecule has 3 aromatic rings. The predicted octanol–water partition coefficient (Wildman–Crippen LogP) is 4.65. The summed E-state index contributed by atoms with van der Waals surface area (Å²) >= 11 is 0. The Labute approximate surface area is 182 Å². The molecule has 0 aliphatic carbocycles. The summed E-state index contributed by atoms with van der Waals surface area (Å²) in [4.78, 5) is 30.8. The Balaban J connectivity index is 1.63. The molecule has 0 saturated heterocycles. The molecule has 3 aromatic carbocycles. The van der Waals surface area contributed by atoms with Gasteiger partial charge in [-0.1, -0.05) is 60.7 Å². The van der Waals surface area contributed by atoms with E-state index in [9.17, 15) is 9.59 Å². The van der Waals surface area contributed by atoms with Crippen LogP contribution < -0.4 is 4.90 Å². The van der Waals surface area contributed by atoms with Gasteiger partial charge in [0.05, 0.1) is 11.3 Å². The summed E-state index contributed by atoms with van der Waals surface area (Å²) in [5.74, 6) is -0.497. The fourth-order valence-corrected chi connectivity index (χ4v) is 4.68. The molecule has 4 heteroatoms. The van der Waals surface area contributed by atoms with Gasteiger partial charge in [-0.05, 0) is 60.2 Å². The van der Waals surface area contributed by atoms with Crippen LogP contribution in [0.5, 0.6) is 0 Å². The number of fused-ring (bicyclic) bond motifs is 1. The molecule has 0 radical (unpaired) electrons. The van der Waals surface area contributed by atoms with Crippen LogP contribution in [-0.2, 0) is 22.6 Å². The van der Waals surface area contributed by atoms with Crippen molar-refractivity contribution in [2.24, 2.45) is 0 Å². The van der Waals surface area contributed by atoms with Crippen LogP contribution in [0, 0.1) is 13.8 Å². The van der Waals surface area contributed by atoms with Crippen LogP contribution in [-0.4, -0.2) is 23.3 Å². The SMILES string of the molecule is Cc1cc(C)cc(N2C(=O)C(c3ccccc3)=C(N3CCc4ccccc4C3)C2=O)c1. The summed E-state index contributed by atoms with van der Waals surface area (Å²) in [6.45, 7) is 5.30. The first-order valence-electron chi connectivity index (χ1n) is 10.6. The Bertz CT molecular complexity index is 1210. The Morgan fingerprint density at radius 1 is 0.742 bits per heavy atom. The molecule has 0 aromatic heterocycles. The largest absolute Gasteiger partial charge is 0.362 e. The van der Waals surface area contributed by atoms with Gasteiger partial charge in [0.1, 0.15) is 5.70 Å². The third kappa shape index (κ3) is 3.34. The summed E-state index contributed by atoms with van der Waals surface area (Å²) in [5, 5.41) is 0. The average molecular weight is 409 g/mol. The number of anilines is 1. The summed E-state index contributed by atoms with van der Waals surface area (Å²) < 4.78 is 0. The molecule has 0 spiro atoms. The summed E-state index contributed by atoms with van der Waals surface area (Å²) in [5.41, 5.74) is 6.97. The summed E-state index contributed by atoms with van der Waals surface area (Å²) in [6.07, 6.45) is 0.854. The van der Waals surface area contributed by atoms with Crippen molar-refractivity contribution in [1.29, 1.82) is 0 Å². The maximum atomic E-state index is 13.7. The first-order chi connectivity index (χ1) is 15.0. The monoisotopic (exact) mass is 408 g/mol. The van der Waals surface area contributed by atoms with E-state index in [0.29, 0.717) is 30.0 Å². The molecular weight excluding hydrogens is 384 g/mol. The third-order valence-electron chi connectivity index (χ3n) is 6.03. The lowest BCUT2D eigenvalue weighted by Gasteiger charge is -2.31. The smallest absolute Gasteiger partial charge is 0.282 e. The van der Waals surface area contributed by atoms with E-state index in [1.807, 2.05) is 68.4 Å². The number of amides is 2. The van der Waals surface area contributed by atoms with E-state index in [-0.39, 0.29) is 11.8 Å². The first kappa shape index (κ1) is 19.3. The second-order valence-corrected chi connectivity index (χ2v) is 8.32. The van der Waals surface area contributed by atoms with Crippen LogP contribution in [0.1, 0.15) is 27.8 Å². The first-order valence-corrected chi connectivity index (χ1v) is 10.6. The minimum absolute atomic E-state index is 0.242. The Hall–Kier alpha value is -3.66. The van der Waals surface area contributed by atoms with Crippen LogP contribution in [0.25, 0.3) is 5.57 Å². The molecule has 5 rings (SSSR count). The zero-order valence-corrected chi connectivity index (χ0v) is 17.8. The standard InChI is InChI=1S/C27H24N2O2/c1-18-14-19(2)16-23(15-18)29-26(30)24(21-9-4-3-5-10-21)25(27(29)31)28-13-12-20-8-6-7-11-22(20)17-28/h3-11,14-16H,12-13,17H2,1-2H3. The molecular formula is C27H24N2O2. The van der Waals surface area contributed by atoms with E-state index in [0.717, 1.165) is 23.1 Å². The van der Waals surface area contributed by atoms with E-state index in [2.05, 4.69) is 23.1 Å². The molecule has 0 bridgehead atoms. The van der Waals surface area contributed by atoms with Gasteiger partial charge in [-0.3, -0.25) is 9.59 Å². The highest BCUT2D eigenvalue weighted by Gasteiger charge is 2.43. The fraction of sp³-hybridized carbons (Fsp3) is 0.185. The Morgan fingerprint density at radius 2 is 1.39 bits per heavy atom. The number of aryl methyl sites for hydroxylation is 2. The molecule has 31 heavy (non-hydrogen) atoms. The number of benzene rings is 3. The third-order valence-corrected chi connectivity index (χ3v) is 6.03. The molecule has 0 unspecified atom stereocenters. The van der Waals surface area contributed by atoms with Gasteiger partial charge in [0.2, 0.25) is 0 Å². The number of hydrogen-bond acceptors (Lipinski definition) is 3. The topological polar surface area (TPSA) is 40.6 Å². The van der Waals surface area contributed by atoms with Gasteiger partial charge in [0.25, 0.3) is 11.8 Å². The number of hydrogen-bond donors (Lipinski definition) is 0. The van der Waals surface area contributed by atoms with Gasteiger partial charge in [-0.15, -0.1) is 0 Å². The van der Waals surface area contributed by atoms with E-state index in [4.69, 9.17) is 0 Å². The minimum Gasteiger partial charge on any atom is -0.362 e. The Morgan fingerprint density at radius 3 is 2.10 bits per heavy atom. The molecule has 4 nitrogen and oxygen atoms in total. The van der Waals surface area contributed by atoms with Crippen LogP contribution >= 0.6 is 0 Å². The van der Waals surface area contributed by atoms with Crippen molar-refractivity contribution < 1.29 is 9.59 Å². The predicted molar refractivity (Wildman–Crippen MR) is 122 cm³/mol. The van der Waals surface area contributed by atoms with E-state index < -0.39 is 0 Å². The molecule has 154 valence electrons. The van der Waals surface area contributed by atoms with Crippen molar-refractivity contribution in [1.82, 2.24) is 4.90 Å². The van der Waals surface area contributed by atoms with Gasteiger partial charge in [-0.2, -0.15) is 0 Å². The molecule has 2 heterocycles. The van der Waals surface area contributed by atoms with Crippen LogP contribution in [0.2, 0.25) is 0 Å². The van der Waals surface area contributed by atoms with E-state index >= 15 is 0 Å². The average Bonchev–Trinajstić information content (AvgIpc) is 3.03. The normalized spacial score (nSPS) is 16.2. The van der Waals surface area contributed by atoms with Crippen molar-refractivity contribution in [2.45, 2.75) is 26.8 Å². The number of carbonyl (C=O) groups is 2. The van der Waals surface area contributed by atoms with Crippen molar-refractivity contribution in [3.63, 3.8) is 0 Å². The highest BCUT2D eigenvalue weighted by Crippen LogP contribution is 2.37. The van der Waals surface area contributed by atoms with Crippen molar-refractivity contribution in [3.8, 4) is 0 Å². The molecule has 2 aliphatic rings. The number of carbonyl (C=O) groups excluding carboxylic acids is 2. The summed E-state index contributed by atoms with van der Waals surface area (Å²) in [7, 11) is 0. The van der Waals surface area contributed by atoms with Crippen LogP contribution in [0.15, 0.2) is 78.5 Å².